The maximum atomic E-state index is 11.7. The Bertz CT molecular complexity index is 402. The van der Waals surface area contributed by atoms with E-state index in [0.717, 1.165) is 18.5 Å². The van der Waals surface area contributed by atoms with E-state index in [1.54, 1.807) is 6.20 Å². The van der Waals surface area contributed by atoms with Gasteiger partial charge in [-0.05, 0) is 18.6 Å². The van der Waals surface area contributed by atoms with Gasteiger partial charge >= 0.3 is 0 Å². The van der Waals surface area contributed by atoms with Crippen LogP contribution in [-0.4, -0.2) is 23.5 Å². The fourth-order valence-corrected chi connectivity index (χ4v) is 1.91. The van der Waals surface area contributed by atoms with Gasteiger partial charge in [0.2, 0.25) is 5.91 Å². The second kappa shape index (κ2) is 5.59. The molecular formula is C13H17N3O. The second-order valence-electron chi connectivity index (χ2n) is 4.25. The van der Waals surface area contributed by atoms with Gasteiger partial charge in [0.15, 0.2) is 0 Å². The molecule has 1 aromatic rings. The van der Waals surface area contributed by atoms with Crippen molar-refractivity contribution in [2.45, 2.75) is 18.9 Å². The van der Waals surface area contributed by atoms with Crippen molar-refractivity contribution >= 4 is 5.91 Å². The maximum Gasteiger partial charge on any atom is 0.227 e. The molecule has 4 nitrogen and oxygen atoms in total. The summed E-state index contributed by atoms with van der Waals surface area (Å²) in [6, 6.07) is 5.81. The van der Waals surface area contributed by atoms with Crippen molar-refractivity contribution in [3.8, 4) is 0 Å². The molecule has 1 amide bonds. The fraction of sp³-hybridized carbons (Fsp3) is 0.385. The van der Waals surface area contributed by atoms with Crippen molar-refractivity contribution in [2.24, 2.45) is 11.7 Å². The predicted molar refractivity (Wildman–Crippen MR) is 66.2 cm³/mol. The molecular weight excluding hydrogens is 214 g/mol. The average molecular weight is 231 g/mol. The molecule has 1 aliphatic rings. The summed E-state index contributed by atoms with van der Waals surface area (Å²) in [5.41, 5.74) is 6.70. The molecule has 0 radical (unpaired) electrons. The lowest BCUT2D eigenvalue weighted by molar-refractivity contribution is -0.123. The second-order valence-corrected chi connectivity index (χ2v) is 4.25. The zero-order chi connectivity index (χ0) is 12.1. The summed E-state index contributed by atoms with van der Waals surface area (Å²) < 4.78 is 0. The van der Waals surface area contributed by atoms with Crippen molar-refractivity contribution in [1.29, 1.82) is 0 Å². The standard InChI is InChI=1S/C13H17N3O/c14-11-5-4-10(9-11)13(17)16-8-6-12-3-1-2-7-15-12/h1-5,7,10-11H,6,8-9,14H2,(H,16,17). The van der Waals surface area contributed by atoms with Crippen LogP contribution in [0.4, 0.5) is 0 Å². The van der Waals surface area contributed by atoms with Crippen molar-refractivity contribution < 1.29 is 4.79 Å². The highest BCUT2D eigenvalue weighted by Gasteiger charge is 2.21. The normalized spacial score (nSPS) is 22.6. The molecule has 0 fully saturated rings. The molecule has 3 N–H and O–H groups in total. The number of hydrogen-bond acceptors (Lipinski definition) is 3. The van der Waals surface area contributed by atoms with Crippen LogP contribution in [0, 0.1) is 5.92 Å². The van der Waals surface area contributed by atoms with Crippen LogP contribution in [0.15, 0.2) is 36.5 Å². The van der Waals surface area contributed by atoms with E-state index in [0.29, 0.717) is 6.54 Å². The van der Waals surface area contributed by atoms with Crippen molar-refractivity contribution in [3.63, 3.8) is 0 Å². The number of aromatic nitrogens is 1. The Morgan fingerprint density at radius 2 is 2.35 bits per heavy atom. The van der Waals surface area contributed by atoms with E-state index < -0.39 is 0 Å². The molecule has 90 valence electrons. The van der Waals surface area contributed by atoms with Crippen LogP contribution in [0.2, 0.25) is 0 Å². The van der Waals surface area contributed by atoms with Crippen LogP contribution in [0.1, 0.15) is 12.1 Å². The largest absolute Gasteiger partial charge is 0.355 e. The van der Waals surface area contributed by atoms with Crippen molar-refractivity contribution in [2.75, 3.05) is 6.54 Å². The monoisotopic (exact) mass is 231 g/mol. The fourth-order valence-electron chi connectivity index (χ4n) is 1.91. The molecule has 1 aliphatic carbocycles. The lowest BCUT2D eigenvalue weighted by Crippen LogP contribution is -2.32. The molecule has 0 aliphatic heterocycles. The number of nitrogens with one attached hydrogen (secondary N) is 1. The number of rotatable bonds is 4. The summed E-state index contributed by atoms with van der Waals surface area (Å²) >= 11 is 0. The summed E-state index contributed by atoms with van der Waals surface area (Å²) in [6.07, 6.45) is 7.02. The minimum Gasteiger partial charge on any atom is -0.355 e. The Morgan fingerprint density at radius 3 is 3.00 bits per heavy atom. The van der Waals surface area contributed by atoms with Crippen LogP contribution in [0.5, 0.6) is 0 Å². The highest BCUT2D eigenvalue weighted by atomic mass is 16.1. The zero-order valence-electron chi connectivity index (χ0n) is 9.67. The minimum atomic E-state index is -0.0614. The topological polar surface area (TPSA) is 68.0 Å². The van der Waals surface area contributed by atoms with Gasteiger partial charge in [0.05, 0.1) is 5.92 Å². The third kappa shape index (κ3) is 3.39. The van der Waals surface area contributed by atoms with Gasteiger partial charge in [-0.3, -0.25) is 9.78 Å². The molecule has 0 bridgehead atoms. The molecule has 1 aromatic heterocycles. The lowest BCUT2D eigenvalue weighted by Gasteiger charge is -2.10. The summed E-state index contributed by atoms with van der Waals surface area (Å²) in [5, 5.41) is 2.91. The molecule has 2 unspecified atom stereocenters. The Hall–Kier alpha value is -1.68. The SMILES string of the molecule is NC1C=CC(C(=O)NCCc2ccccn2)C1. The van der Waals surface area contributed by atoms with Crippen LogP contribution in [0.25, 0.3) is 0 Å². The molecule has 17 heavy (non-hydrogen) atoms. The highest BCUT2D eigenvalue weighted by molar-refractivity contribution is 5.81. The minimum absolute atomic E-state index is 0.0292. The predicted octanol–water partition coefficient (Wildman–Crippen LogP) is 0.644. The number of nitrogens with two attached hydrogens (primary N) is 1. The maximum absolute atomic E-state index is 11.7. The van der Waals surface area contributed by atoms with Crippen LogP contribution in [-0.2, 0) is 11.2 Å². The number of carbonyl (C=O) groups excluding carboxylic acids is 1. The summed E-state index contributed by atoms with van der Waals surface area (Å²) in [6.45, 7) is 0.620. The molecule has 0 aromatic carbocycles. The Morgan fingerprint density at radius 1 is 1.47 bits per heavy atom. The van der Waals surface area contributed by atoms with E-state index in [1.807, 2.05) is 30.4 Å². The van der Waals surface area contributed by atoms with Crippen LogP contribution < -0.4 is 11.1 Å². The van der Waals surface area contributed by atoms with Crippen LogP contribution >= 0.6 is 0 Å². The van der Waals surface area contributed by atoms with Gasteiger partial charge in [0.1, 0.15) is 0 Å². The summed E-state index contributed by atoms with van der Waals surface area (Å²) in [4.78, 5) is 15.9. The number of pyridine rings is 1. The quantitative estimate of drug-likeness (QED) is 0.747. The Kier molecular flexibility index (Phi) is 3.88. The molecule has 4 heteroatoms. The zero-order valence-corrected chi connectivity index (χ0v) is 9.67. The number of hydrogen-bond donors (Lipinski definition) is 2. The molecule has 0 saturated carbocycles. The first-order valence-corrected chi connectivity index (χ1v) is 5.87. The van der Waals surface area contributed by atoms with E-state index in [2.05, 4.69) is 10.3 Å². The Labute approximate surface area is 101 Å². The van der Waals surface area contributed by atoms with E-state index in [9.17, 15) is 4.79 Å². The number of amides is 1. The average Bonchev–Trinajstić information content (AvgIpc) is 2.77. The van der Waals surface area contributed by atoms with Gasteiger partial charge in [-0.2, -0.15) is 0 Å². The van der Waals surface area contributed by atoms with Gasteiger partial charge in [0, 0.05) is 30.9 Å². The van der Waals surface area contributed by atoms with Gasteiger partial charge in [-0.25, -0.2) is 0 Å². The van der Waals surface area contributed by atoms with Gasteiger partial charge in [-0.1, -0.05) is 18.2 Å². The number of carbonyl (C=O) groups is 1. The summed E-state index contributed by atoms with van der Waals surface area (Å²) in [7, 11) is 0. The van der Waals surface area contributed by atoms with E-state index in [4.69, 9.17) is 5.73 Å². The lowest BCUT2D eigenvalue weighted by atomic mass is 10.1. The third-order valence-corrected chi connectivity index (χ3v) is 2.86. The molecule has 2 rings (SSSR count). The first kappa shape index (κ1) is 11.8. The Balaban J connectivity index is 1.72. The molecule has 2 atom stereocenters. The van der Waals surface area contributed by atoms with E-state index in [1.165, 1.54) is 0 Å². The van der Waals surface area contributed by atoms with Crippen LogP contribution in [0.3, 0.4) is 0 Å². The van der Waals surface area contributed by atoms with E-state index in [-0.39, 0.29) is 17.9 Å². The van der Waals surface area contributed by atoms with E-state index >= 15 is 0 Å². The van der Waals surface area contributed by atoms with Gasteiger partial charge < -0.3 is 11.1 Å². The first-order chi connectivity index (χ1) is 8.25. The first-order valence-electron chi connectivity index (χ1n) is 5.87. The van der Waals surface area contributed by atoms with Gasteiger partial charge in [-0.15, -0.1) is 0 Å². The number of nitrogens with zero attached hydrogens (tertiary/aromatic N) is 1. The summed E-state index contributed by atoms with van der Waals surface area (Å²) in [5.74, 6) is -0.00105. The smallest absolute Gasteiger partial charge is 0.227 e. The highest BCUT2D eigenvalue weighted by Crippen LogP contribution is 2.15. The van der Waals surface area contributed by atoms with Crippen molar-refractivity contribution in [3.05, 3.63) is 42.2 Å². The molecule has 0 spiro atoms. The van der Waals surface area contributed by atoms with Crippen molar-refractivity contribution in [1.82, 2.24) is 10.3 Å². The molecule has 0 saturated heterocycles. The molecule has 1 heterocycles. The third-order valence-electron chi connectivity index (χ3n) is 2.86. The van der Waals surface area contributed by atoms with Gasteiger partial charge in [0.25, 0.3) is 0 Å².